The van der Waals surface area contributed by atoms with Crippen molar-refractivity contribution in [3.05, 3.63) is 70.8 Å². The van der Waals surface area contributed by atoms with Crippen LogP contribution in [-0.4, -0.2) is 18.3 Å². The third-order valence-electron chi connectivity index (χ3n) is 4.83. The van der Waals surface area contributed by atoms with Crippen molar-refractivity contribution >= 4 is 0 Å². The monoisotopic (exact) mass is 339 g/mol. The molecule has 0 fully saturated rings. The Kier molecular flexibility index (Phi) is 7.67. The van der Waals surface area contributed by atoms with Crippen LogP contribution in [0.25, 0.3) is 0 Å². The zero-order valence-corrected chi connectivity index (χ0v) is 16.1. The van der Waals surface area contributed by atoms with Crippen molar-refractivity contribution in [2.45, 2.75) is 46.6 Å². The fourth-order valence-corrected chi connectivity index (χ4v) is 3.34. The van der Waals surface area contributed by atoms with Crippen LogP contribution >= 0.6 is 0 Å². The van der Waals surface area contributed by atoms with Gasteiger partial charge in [-0.1, -0.05) is 67.9 Å². The number of hydrogen-bond acceptors (Lipinski definition) is 2. The van der Waals surface area contributed by atoms with Crippen LogP contribution in [0.15, 0.2) is 48.5 Å². The van der Waals surface area contributed by atoms with Gasteiger partial charge in [-0.3, -0.25) is 0 Å². The van der Waals surface area contributed by atoms with Gasteiger partial charge in [-0.25, -0.2) is 0 Å². The fraction of sp³-hybridized carbons (Fsp3) is 0.478. The highest BCUT2D eigenvalue weighted by Crippen LogP contribution is 2.24. The highest BCUT2D eigenvalue weighted by Gasteiger charge is 2.17. The summed E-state index contributed by atoms with van der Waals surface area (Å²) in [5.41, 5.74) is 5.28. The summed E-state index contributed by atoms with van der Waals surface area (Å²) in [5, 5.41) is 13.6. The van der Waals surface area contributed by atoms with Gasteiger partial charge in [-0.15, -0.1) is 0 Å². The van der Waals surface area contributed by atoms with E-state index in [0.29, 0.717) is 12.0 Å². The first-order chi connectivity index (χ1) is 12.0. The summed E-state index contributed by atoms with van der Waals surface area (Å²) < 4.78 is 0. The van der Waals surface area contributed by atoms with Crippen molar-refractivity contribution in [2.24, 2.45) is 11.8 Å². The van der Waals surface area contributed by atoms with Crippen molar-refractivity contribution in [3.63, 3.8) is 0 Å². The molecule has 25 heavy (non-hydrogen) atoms. The minimum Gasteiger partial charge on any atom is -0.396 e. The van der Waals surface area contributed by atoms with E-state index in [1.54, 1.807) is 0 Å². The Morgan fingerprint density at radius 3 is 2.24 bits per heavy atom. The lowest BCUT2D eigenvalue weighted by Crippen LogP contribution is -2.31. The van der Waals surface area contributed by atoms with Crippen molar-refractivity contribution in [1.29, 1.82) is 0 Å². The lowest BCUT2D eigenvalue weighted by Gasteiger charge is -2.25. The van der Waals surface area contributed by atoms with E-state index in [1.165, 1.54) is 22.3 Å². The third-order valence-corrected chi connectivity index (χ3v) is 4.83. The Bertz CT molecular complexity index is 633. The molecule has 0 saturated carbocycles. The molecule has 0 saturated heterocycles. The van der Waals surface area contributed by atoms with Gasteiger partial charge in [-0.05, 0) is 55.2 Å². The van der Waals surface area contributed by atoms with Gasteiger partial charge in [0.2, 0.25) is 0 Å². The number of aryl methyl sites for hydroxylation is 2. The number of aliphatic hydroxyl groups is 1. The number of nitrogens with one attached hydrogen (secondary N) is 1. The van der Waals surface area contributed by atoms with Crippen LogP contribution in [0.5, 0.6) is 0 Å². The first-order valence-corrected chi connectivity index (χ1v) is 9.45. The molecule has 2 aromatic carbocycles. The van der Waals surface area contributed by atoms with Crippen molar-refractivity contribution in [2.75, 3.05) is 13.2 Å². The lowest BCUT2D eigenvalue weighted by molar-refractivity contribution is 0.216. The maximum Gasteiger partial charge on any atom is 0.0474 e. The molecule has 0 aliphatic heterocycles. The molecule has 2 nitrogen and oxygen atoms in total. The van der Waals surface area contributed by atoms with Gasteiger partial charge in [0.1, 0.15) is 0 Å². The Labute approximate surface area is 153 Å². The van der Waals surface area contributed by atoms with Gasteiger partial charge < -0.3 is 10.4 Å². The van der Waals surface area contributed by atoms with Crippen LogP contribution in [0.4, 0.5) is 0 Å². The standard InChI is InChI=1S/C23H33NO/c1-17(2)13-23(22-8-6-5-7-19(22)4)24-15-21(16-25)14-20-11-9-18(3)10-12-20/h5-12,17,21,23-25H,13-16H2,1-4H3. The Morgan fingerprint density at radius 1 is 0.960 bits per heavy atom. The van der Waals surface area contributed by atoms with Gasteiger partial charge in [0.15, 0.2) is 0 Å². The fourth-order valence-electron chi connectivity index (χ4n) is 3.34. The van der Waals surface area contributed by atoms with E-state index in [-0.39, 0.29) is 12.5 Å². The smallest absolute Gasteiger partial charge is 0.0474 e. The molecular weight excluding hydrogens is 306 g/mol. The van der Waals surface area contributed by atoms with Crippen LogP contribution in [0.3, 0.4) is 0 Å². The summed E-state index contributed by atoms with van der Waals surface area (Å²) in [5.74, 6) is 0.864. The Hall–Kier alpha value is -1.64. The highest BCUT2D eigenvalue weighted by atomic mass is 16.3. The molecule has 136 valence electrons. The zero-order valence-electron chi connectivity index (χ0n) is 16.1. The van der Waals surface area contributed by atoms with Crippen LogP contribution in [-0.2, 0) is 6.42 Å². The maximum atomic E-state index is 9.82. The molecule has 0 amide bonds. The van der Waals surface area contributed by atoms with Gasteiger partial charge in [0, 0.05) is 19.2 Å². The highest BCUT2D eigenvalue weighted by molar-refractivity contribution is 5.29. The van der Waals surface area contributed by atoms with E-state index in [0.717, 1.165) is 19.4 Å². The van der Waals surface area contributed by atoms with E-state index in [2.05, 4.69) is 81.5 Å². The van der Waals surface area contributed by atoms with Gasteiger partial charge >= 0.3 is 0 Å². The summed E-state index contributed by atoms with van der Waals surface area (Å²) >= 11 is 0. The molecular formula is C23H33NO. The van der Waals surface area contributed by atoms with E-state index >= 15 is 0 Å². The second-order valence-corrected chi connectivity index (χ2v) is 7.69. The topological polar surface area (TPSA) is 32.3 Å². The summed E-state index contributed by atoms with van der Waals surface area (Å²) in [6.07, 6.45) is 2.01. The maximum absolute atomic E-state index is 9.82. The number of benzene rings is 2. The second kappa shape index (κ2) is 9.74. The number of hydrogen-bond donors (Lipinski definition) is 2. The quantitative estimate of drug-likeness (QED) is 0.686. The van der Waals surface area contributed by atoms with Crippen LogP contribution in [0.2, 0.25) is 0 Å². The SMILES string of the molecule is Cc1ccc(CC(CO)CNC(CC(C)C)c2ccccc2C)cc1. The molecule has 2 rings (SSSR count). The van der Waals surface area contributed by atoms with Crippen molar-refractivity contribution in [1.82, 2.24) is 5.32 Å². The van der Waals surface area contributed by atoms with Gasteiger partial charge in [0.05, 0.1) is 0 Å². The number of aliphatic hydroxyl groups excluding tert-OH is 1. The molecule has 2 heteroatoms. The Balaban J connectivity index is 2.02. The first-order valence-electron chi connectivity index (χ1n) is 9.45. The molecule has 0 spiro atoms. The largest absolute Gasteiger partial charge is 0.396 e. The minimum atomic E-state index is 0.211. The van der Waals surface area contributed by atoms with Crippen LogP contribution in [0, 0.1) is 25.7 Å². The average molecular weight is 340 g/mol. The zero-order chi connectivity index (χ0) is 18.2. The van der Waals surface area contributed by atoms with E-state index in [9.17, 15) is 5.11 Å². The molecule has 0 aliphatic carbocycles. The summed E-state index contributed by atoms with van der Waals surface area (Å²) in [7, 11) is 0. The Morgan fingerprint density at radius 2 is 1.64 bits per heavy atom. The predicted molar refractivity (Wildman–Crippen MR) is 107 cm³/mol. The molecule has 0 aromatic heterocycles. The van der Waals surface area contributed by atoms with Crippen LogP contribution < -0.4 is 5.32 Å². The lowest BCUT2D eigenvalue weighted by atomic mass is 9.92. The first kappa shape index (κ1) is 19.7. The molecule has 2 aromatic rings. The van der Waals surface area contributed by atoms with Gasteiger partial charge in [0.25, 0.3) is 0 Å². The molecule has 0 heterocycles. The molecule has 2 N–H and O–H groups in total. The molecule has 0 bridgehead atoms. The van der Waals surface area contributed by atoms with E-state index in [4.69, 9.17) is 0 Å². The van der Waals surface area contributed by atoms with Gasteiger partial charge in [-0.2, -0.15) is 0 Å². The molecule has 0 radical (unpaired) electrons. The summed E-state index contributed by atoms with van der Waals surface area (Å²) in [4.78, 5) is 0. The van der Waals surface area contributed by atoms with Crippen molar-refractivity contribution in [3.8, 4) is 0 Å². The summed E-state index contributed by atoms with van der Waals surface area (Å²) in [6, 6.07) is 17.6. The minimum absolute atomic E-state index is 0.211. The van der Waals surface area contributed by atoms with Crippen molar-refractivity contribution < 1.29 is 5.11 Å². The number of rotatable bonds is 9. The molecule has 2 atom stereocenters. The molecule has 2 unspecified atom stereocenters. The second-order valence-electron chi connectivity index (χ2n) is 7.69. The molecule has 0 aliphatic rings. The normalized spacial score (nSPS) is 13.8. The van der Waals surface area contributed by atoms with Crippen LogP contribution in [0.1, 0.15) is 48.6 Å². The summed E-state index contributed by atoms with van der Waals surface area (Å²) in [6.45, 7) is 9.86. The third kappa shape index (κ3) is 6.30. The van der Waals surface area contributed by atoms with E-state index in [1.807, 2.05) is 0 Å². The average Bonchev–Trinajstić information content (AvgIpc) is 2.59. The predicted octanol–water partition coefficient (Wildman–Crippen LogP) is 4.83. The van der Waals surface area contributed by atoms with E-state index < -0.39 is 0 Å².